The van der Waals surface area contributed by atoms with Crippen molar-refractivity contribution in [2.75, 3.05) is 19.8 Å². The Morgan fingerprint density at radius 2 is 1.82 bits per heavy atom. The maximum absolute atomic E-state index is 9.77. The molecule has 1 aliphatic heterocycles. The first-order valence-electron chi connectivity index (χ1n) is 6.17. The number of benzene rings is 1. The van der Waals surface area contributed by atoms with E-state index in [0.717, 1.165) is 31.1 Å². The second kappa shape index (κ2) is 3.98. The van der Waals surface area contributed by atoms with Crippen molar-refractivity contribution >= 4 is 11.6 Å². The second-order valence-electron chi connectivity index (χ2n) is 5.37. The van der Waals surface area contributed by atoms with Gasteiger partial charge in [0.05, 0.1) is 13.2 Å². The van der Waals surface area contributed by atoms with Gasteiger partial charge in [-0.2, -0.15) is 0 Å². The largest absolute Gasteiger partial charge is 0.396 e. The predicted molar refractivity (Wildman–Crippen MR) is 67.3 cm³/mol. The number of aliphatic hydroxyl groups excluding tert-OH is 1. The molecule has 0 unspecified atom stereocenters. The van der Waals surface area contributed by atoms with E-state index in [2.05, 4.69) is 12.1 Å². The molecule has 1 N–H and O–H groups in total. The normalized spacial score (nSPS) is 24.8. The molecule has 0 aromatic heterocycles. The van der Waals surface area contributed by atoms with Crippen LogP contribution in [0.4, 0.5) is 0 Å². The molecule has 2 fully saturated rings. The second-order valence-corrected chi connectivity index (χ2v) is 5.81. The van der Waals surface area contributed by atoms with Crippen LogP contribution in [0.2, 0.25) is 5.02 Å². The van der Waals surface area contributed by atoms with Crippen LogP contribution in [-0.4, -0.2) is 24.9 Å². The molecule has 0 radical (unpaired) electrons. The minimum Gasteiger partial charge on any atom is -0.396 e. The quantitative estimate of drug-likeness (QED) is 0.897. The van der Waals surface area contributed by atoms with Crippen LogP contribution in [0, 0.1) is 5.41 Å². The lowest BCUT2D eigenvalue weighted by atomic mass is 9.50. The Morgan fingerprint density at radius 1 is 1.18 bits per heavy atom. The molecule has 2 aliphatic rings. The van der Waals surface area contributed by atoms with E-state index in [0.29, 0.717) is 0 Å². The number of hydrogen-bond acceptors (Lipinski definition) is 2. The van der Waals surface area contributed by atoms with Gasteiger partial charge >= 0.3 is 0 Å². The summed E-state index contributed by atoms with van der Waals surface area (Å²) in [6, 6.07) is 8.03. The summed E-state index contributed by atoms with van der Waals surface area (Å²) in [5.41, 5.74) is 1.32. The van der Waals surface area contributed by atoms with E-state index >= 15 is 0 Å². The summed E-state index contributed by atoms with van der Waals surface area (Å²) in [5.74, 6) is 0. The Hall–Kier alpha value is -0.570. The third-order valence-electron chi connectivity index (χ3n) is 4.72. The fourth-order valence-corrected chi connectivity index (χ4v) is 3.37. The Bertz CT molecular complexity index is 399. The fraction of sp³-hybridized carbons (Fsp3) is 0.571. The van der Waals surface area contributed by atoms with Crippen molar-refractivity contribution in [3.05, 3.63) is 34.9 Å². The van der Waals surface area contributed by atoms with Gasteiger partial charge in [-0.15, -0.1) is 0 Å². The molecule has 17 heavy (non-hydrogen) atoms. The number of rotatable bonds is 3. The lowest BCUT2D eigenvalue weighted by molar-refractivity contribution is -0.173. The first-order valence-corrected chi connectivity index (χ1v) is 6.55. The molecular weight excluding hydrogens is 236 g/mol. The van der Waals surface area contributed by atoms with Gasteiger partial charge in [-0.3, -0.25) is 0 Å². The van der Waals surface area contributed by atoms with Crippen LogP contribution >= 0.6 is 11.6 Å². The standard InChI is InChI=1S/C14H17ClO2/c15-12-4-2-11(3-5-12)14(9-17-10-14)13(8-16)6-1-7-13/h2-5,16H,1,6-10H2. The molecule has 3 rings (SSSR count). The summed E-state index contributed by atoms with van der Waals surface area (Å²) in [6.07, 6.45) is 3.43. The maximum Gasteiger partial charge on any atom is 0.0591 e. The van der Waals surface area contributed by atoms with Crippen molar-refractivity contribution in [2.45, 2.75) is 24.7 Å². The highest BCUT2D eigenvalue weighted by Gasteiger charge is 2.59. The lowest BCUT2D eigenvalue weighted by Gasteiger charge is -2.59. The van der Waals surface area contributed by atoms with E-state index < -0.39 is 0 Å². The summed E-state index contributed by atoms with van der Waals surface area (Å²) in [4.78, 5) is 0. The van der Waals surface area contributed by atoms with Crippen LogP contribution in [-0.2, 0) is 10.2 Å². The van der Waals surface area contributed by atoms with Crippen LogP contribution < -0.4 is 0 Å². The van der Waals surface area contributed by atoms with E-state index in [1.165, 1.54) is 12.0 Å². The highest BCUT2D eigenvalue weighted by Crippen LogP contribution is 2.58. The summed E-state index contributed by atoms with van der Waals surface area (Å²) in [5, 5.41) is 10.5. The Kier molecular flexibility index (Phi) is 2.69. The van der Waals surface area contributed by atoms with E-state index in [4.69, 9.17) is 16.3 Å². The fourth-order valence-electron chi connectivity index (χ4n) is 3.25. The third-order valence-corrected chi connectivity index (χ3v) is 4.97. The lowest BCUT2D eigenvalue weighted by Crippen LogP contribution is -2.63. The van der Waals surface area contributed by atoms with E-state index in [1.807, 2.05) is 12.1 Å². The molecule has 0 atom stereocenters. The zero-order chi connectivity index (χ0) is 11.9. The molecule has 1 heterocycles. The summed E-state index contributed by atoms with van der Waals surface area (Å²) in [7, 11) is 0. The Labute approximate surface area is 107 Å². The van der Waals surface area contributed by atoms with E-state index in [-0.39, 0.29) is 17.4 Å². The van der Waals surface area contributed by atoms with Crippen molar-refractivity contribution in [1.82, 2.24) is 0 Å². The van der Waals surface area contributed by atoms with Crippen LogP contribution in [0.15, 0.2) is 24.3 Å². The smallest absolute Gasteiger partial charge is 0.0591 e. The Balaban J connectivity index is 1.99. The molecular formula is C14H17ClO2. The summed E-state index contributed by atoms with van der Waals surface area (Å²) >= 11 is 5.94. The number of ether oxygens (including phenoxy) is 1. The maximum atomic E-state index is 9.77. The first-order chi connectivity index (χ1) is 8.22. The Morgan fingerprint density at radius 3 is 2.18 bits per heavy atom. The molecule has 0 bridgehead atoms. The summed E-state index contributed by atoms with van der Waals surface area (Å²) in [6.45, 7) is 1.73. The van der Waals surface area contributed by atoms with Gasteiger partial charge in [0.2, 0.25) is 0 Å². The van der Waals surface area contributed by atoms with Gasteiger partial charge in [0.15, 0.2) is 0 Å². The van der Waals surface area contributed by atoms with Crippen LogP contribution in [0.5, 0.6) is 0 Å². The van der Waals surface area contributed by atoms with Gasteiger partial charge in [-0.25, -0.2) is 0 Å². The van der Waals surface area contributed by atoms with Crippen molar-refractivity contribution in [2.24, 2.45) is 5.41 Å². The molecule has 92 valence electrons. The molecule has 1 aliphatic carbocycles. The highest BCUT2D eigenvalue weighted by molar-refractivity contribution is 6.30. The predicted octanol–water partition coefficient (Wildman–Crippen LogP) is 2.77. The zero-order valence-corrected chi connectivity index (χ0v) is 10.5. The molecule has 1 saturated carbocycles. The van der Waals surface area contributed by atoms with Gasteiger partial charge in [0.1, 0.15) is 0 Å². The van der Waals surface area contributed by atoms with Gasteiger partial charge in [-0.1, -0.05) is 30.2 Å². The van der Waals surface area contributed by atoms with Gasteiger partial charge in [-0.05, 0) is 30.5 Å². The number of hydrogen-bond donors (Lipinski definition) is 1. The molecule has 3 heteroatoms. The highest BCUT2D eigenvalue weighted by atomic mass is 35.5. The van der Waals surface area contributed by atoms with Crippen molar-refractivity contribution in [3.8, 4) is 0 Å². The minimum atomic E-state index is 0.0184. The van der Waals surface area contributed by atoms with Crippen molar-refractivity contribution in [1.29, 1.82) is 0 Å². The zero-order valence-electron chi connectivity index (χ0n) is 9.79. The van der Waals surface area contributed by atoms with E-state index in [9.17, 15) is 5.11 Å². The average molecular weight is 253 g/mol. The molecule has 1 saturated heterocycles. The molecule has 1 aromatic rings. The van der Waals surface area contributed by atoms with Crippen LogP contribution in [0.1, 0.15) is 24.8 Å². The van der Waals surface area contributed by atoms with E-state index in [1.54, 1.807) is 0 Å². The van der Waals surface area contributed by atoms with Crippen LogP contribution in [0.3, 0.4) is 0 Å². The average Bonchev–Trinajstić information content (AvgIpc) is 2.22. The molecule has 1 aromatic carbocycles. The van der Waals surface area contributed by atoms with Gasteiger partial charge < -0.3 is 9.84 Å². The molecule has 0 spiro atoms. The molecule has 2 nitrogen and oxygen atoms in total. The number of halogens is 1. The van der Waals surface area contributed by atoms with Crippen LogP contribution in [0.25, 0.3) is 0 Å². The van der Waals surface area contributed by atoms with Crippen molar-refractivity contribution < 1.29 is 9.84 Å². The monoisotopic (exact) mass is 252 g/mol. The first kappa shape index (κ1) is 11.5. The summed E-state index contributed by atoms with van der Waals surface area (Å²) < 4.78 is 5.46. The third kappa shape index (κ3) is 1.48. The number of aliphatic hydroxyl groups is 1. The van der Waals surface area contributed by atoms with Gasteiger partial charge in [0.25, 0.3) is 0 Å². The van der Waals surface area contributed by atoms with Crippen molar-refractivity contribution in [3.63, 3.8) is 0 Å². The minimum absolute atomic E-state index is 0.0184. The topological polar surface area (TPSA) is 29.5 Å². The van der Waals surface area contributed by atoms with Gasteiger partial charge in [0, 0.05) is 22.5 Å². The SMILES string of the molecule is OCC1(C2(c3ccc(Cl)cc3)COC2)CCC1. The molecule has 0 amide bonds.